The molecule has 7 heteroatoms. The van der Waals surface area contributed by atoms with Gasteiger partial charge in [0.2, 0.25) is 11.8 Å². The number of nitrogens with zero attached hydrogens (tertiary/aromatic N) is 1. The Morgan fingerprint density at radius 2 is 1.50 bits per heavy atom. The SMILES string of the molecule is CN(C)C(=O)Cc1ccc(NC(=S)NC(=O)Cc2ccc(Cl)cc2)cc1. The van der Waals surface area contributed by atoms with E-state index in [1.54, 1.807) is 43.3 Å². The number of carbonyl (C=O) groups excluding carboxylic acids is 2. The van der Waals surface area contributed by atoms with Gasteiger partial charge in [-0.2, -0.15) is 0 Å². The molecule has 2 N–H and O–H groups in total. The van der Waals surface area contributed by atoms with E-state index < -0.39 is 0 Å². The van der Waals surface area contributed by atoms with Crippen LogP contribution in [-0.4, -0.2) is 35.9 Å². The summed E-state index contributed by atoms with van der Waals surface area (Å²) in [6.45, 7) is 0. The highest BCUT2D eigenvalue weighted by Gasteiger charge is 2.08. The van der Waals surface area contributed by atoms with Crippen molar-refractivity contribution < 1.29 is 9.59 Å². The van der Waals surface area contributed by atoms with E-state index in [-0.39, 0.29) is 23.3 Å². The van der Waals surface area contributed by atoms with Gasteiger partial charge in [-0.1, -0.05) is 35.9 Å². The number of amides is 2. The number of hydrogen-bond acceptors (Lipinski definition) is 3. The molecule has 0 aliphatic carbocycles. The van der Waals surface area contributed by atoms with Gasteiger partial charge in [0.15, 0.2) is 5.11 Å². The largest absolute Gasteiger partial charge is 0.349 e. The number of nitrogens with one attached hydrogen (secondary N) is 2. The summed E-state index contributed by atoms with van der Waals surface area (Å²) in [6.07, 6.45) is 0.556. The van der Waals surface area contributed by atoms with Crippen LogP contribution in [0.15, 0.2) is 48.5 Å². The van der Waals surface area contributed by atoms with Gasteiger partial charge in [-0.15, -0.1) is 0 Å². The first-order valence-electron chi connectivity index (χ1n) is 7.98. The molecule has 0 atom stereocenters. The third kappa shape index (κ3) is 6.46. The molecule has 2 aromatic carbocycles. The van der Waals surface area contributed by atoms with Gasteiger partial charge in [0.05, 0.1) is 12.8 Å². The van der Waals surface area contributed by atoms with E-state index in [1.165, 1.54) is 0 Å². The van der Waals surface area contributed by atoms with Gasteiger partial charge in [-0.05, 0) is 47.6 Å². The number of anilines is 1. The first-order chi connectivity index (χ1) is 12.3. The Kier molecular flexibility index (Phi) is 7.12. The van der Waals surface area contributed by atoms with Crippen molar-refractivity contribution in [1.29, 1.82) is 0 Å². The molecule has 0 radical (unpaired) electrons. The maximum absolute atomic E-state index is 12.0. The highest BCUT2D eigenvalue weighted by Crippen LogP contribution is 2.11. The number of carbonyl (C=O) groups is 2. The van der Waals surface area contributed by atoms with E-state index >= 15 is 0 Å². The molecule has 0 heterocycles. The van der Waals surface area contributed by atoms with Crippen molar-refractivity contribution in [3.05, 3.63) is 64.7 Å². The molecule has 5 nitrogen and oxygen atoms in total. The maximum atomic E-state index is 12.0. The minimum atomic E-state index is -0.210. The monoisotopic (exact) mass is 389 g/mol. The summed E-state index contributed by atoms with van der Waals surface area (Å²) < 4.78 is 0. The van der Waals surface area contributed by atoms with Crippen LogP contribution in [0, 0.1) is 0 Å². The summed E-state index contributed by atoms with van der Waals surface area (Å²) in [6, 6.07) is 14.4. The van der Waals surface area contributed by atoms with Crippen molar-refractivity contribution in [2.45, 2.75) is 12.8 Å². The molecule has 0 aliphatic heterocycles. The lowest BCUT2D eigenvalue weighted by atomic mass is 10.1. The molecular formula is C19H20ClN3O2S. The summed E-state index contributed by atoms with van der Waals surface area (Å²) in [7, 11) is 3.45. The van der Waals surface area contributed by atoms with Gasteiger partial charge in [-0.25, -0.2) is 0 Å². The number of thiocarbonyl (C=S) groups is 1. The van der Waals surface area contributed by atoms with Gasteiger partial charge in [0.1, 0.15) is 0 Å². The van der Waals surface area contributed by atoms with Crippen LogP contribution in [0.2, 0.25) is 5.02 Å². The van der Waals surface area contributed by atoms with Crippen LogP contribution in [0.4, 0.5) is 5.69 Å². The van der Waals surface area contributed by atoms with Gasteiger partial charge >= 0.3 is 0 Å². The standard InChI is InChI=1S/C19H20ClN3O2S/c1-23(2)18(25)12-14-5-9-16(10-6-14)21-19(26)22-17(24)11-13-3-7-15(20)8-4-13/h3-10H,11-12H2,1-2H3,(H2,21,22,24,26). The summed E-state index contributed by atoms with van der Waals surface area (Å²) in [5.41, 5.74) is 2.50. The minimum absolute atomic E-state index is 0.0377. The van der Waals surface area contributed by atoms with Gasteiger partial charge in [-0.3, -0.25) is 9.59 Å². The predicted octanol–water partition coefficient (Wildman–Crippen LogP) is 3.03. The molecule has 0 fully saturated rings. The van der Waals surface area contributed by atoms with Gasteiger partial charge in [0.25, 0.3) is 0 Å². The summed E-state index contributed by atoms with van der Waals surface area (Å²) >= 11 is 11.0. The fourth-order valence-electron chi connectivity index (χ4n) is 2.16. The fraction of sp³-hybridized carbons (Fsp3) is 0.211. The lowest BCUT2D eigenvalue weighted by Crippen LogP contribution is -2.35. The van der Waals surface area contributed by atoms with Crippen LogP contribution in [0.5, 0.6) is 0 Å². The Morgan fingerprint density at radius 3 is 2.08 bits per heavy atom. The Bertz CT molecular complexity index is 789. The van der Waals surface area contributed by atoms with Crippen LogP contribution in [0.25, 0.3) is 0 Å². The highest BCUT2D eigenvalue weighted by molar-refractivity contribution is 7.80. The normalized spacial score (nSPS) is 10.1. The fourth-order valence-corrected chi connectivity index (χ4v) is 2.52. The van der Waals surface area contributed by atoms with E-state index in [1.807, 2.05) is 24.3 Å². The number of likely N-dealkylation sites (N-methyl/N-ethyl adjacent to an activating group) is 1. The molecule has 0 bridgehead atoms. The molecule has 26 heavy (non-hydrogen) atoms. The number of halogens is 1. The summed E-state index contributed by atoms with van der Waals surface area (Å²) in [4.78, 5) is 25.3. The molecule has 2 rings (SSSR count). The smallest absolute Gasteiger partial charge is 0.230 e. The number of hydrogen-bond donors (Lipinski definition) is 2. The zero-order chi connectivity index (χ0) is 19.1. The van der Waals surface area contributed by atoms with Crippen molar-refractivity contribution in [2.24, 2.45) is 0 Å². The van der Waals surface area contributed by atoms with Crippen LogP contribution in [-0.2, 0) is 22.4 Å². The second-order valence-electron chi connectivity index (χ2n) is 5.97. The molecule has 2 aromatic rings. The average molecular weight is 390 g/mol. The molecule has 0 aliphatic rings. The van der Waals surface area contributed by atoms with E-state index in [2.05, 4.69) is 10.6 Å². The Hall–Kier alpha value is -2.44. The van der Waals surface area contributed by atoms with Crippen molar-refractivity contribution in [3.63, 3.8) is 0 Å². The molecule has 0 spiro atoms. The van der Waals surface area contributed by atoms with Crippen molar-refractivity contribution in [2.75, 3.05) is 19.4 Å². The first-order valence-corrected chi connectivity index (χ1v) is 8.76. The average Bonchev–Trinajstić information content (AvgIpc) is 2.58. The third-order valence-electron chi connectivity index (χ3n) is 3.60. The zero-order valence-electron chi connectivity index (χ0n) is 14.6. The number of rotatable bonds is 5. The van der Waals surface area contributed by atoms with Crippen LogP contribution in [0.1, 0.15) is 11.1 Å². The van der Waals surface area contributed by atoms with Crippen LogP contribution in [0.3, 0.4) is 0 Å². The second kappa shape index (κ2) is 9.31. The summed E-state index contributed by atoms with van der Waals surface area (Å²) in [5, 5.41) is 6.45. The molecule has 0 unspecified atom stereocenters. The lowest BCUT2D eigenvalue weighted by molar-refractivity contribution is -0.128. The van der Waals surface area contributed by atoms with Crippen LogP contribution >= 0.6 is 23.8 Å². The quantitative estimate of drug-likeness (QED) is 0.771. The Morgan fingerprint density at radius 1 is 0.962 bits per heavy atom. The Labute approximate surface area is 163 Å². The molecule has 0 saturated heterocycles. The molecule has 0 aromatic heterocycles. The first kappa shape index (κ1) is 19.9. The lowest BCUT2D eigenvalue weighted by Gasteiger charge is -2.12. The van der Waals surface area contributed by atoms with E-state index in [4.69, 9.17) is 23.8 Å². The number of benzene rings is 2. The topological polar surface area (TPSA) is 61.4 Å². The molecule has 2 amide bonds. The van der Waals surface area contributed by atoms with Gasteiger partial charge < -0.3 is 15.5 Å². The Balaban J connectivity index is 1.84. The minimum Gasteiger partial charge on any atom is -0.349 e. The van der Waals surface area contributed by atoms with Crippen molar-refractivity contribution in [1.82, 2.24) is 10.2 Å². The van der Waals surface area contributed by atoms with E-state index in [0.29, 0.717) is 11.4 Å². The van der Waals surface area contributed by atoms with E-state index in [9.17, 15) is 9.59 Å². The van der Waals surface area contributed by atoms with Crippen LogP contribution < -0.4 is 10.6 Å². The molecule has 136 valence electrons. The highest BCUT2D eigenvalue weighted by atomic mass is 35.5. The van der Waals surface area contributed by atoms with Gasteiger partial charge in [0, 0.05) is 24.8 Å². The second-order valence-corrected chi connectivity index (χ2v) is 6.81. The predicted molar refractivity (Wildman–Crippen MR) is 108 cm³/mol. The van der Waals surface area contributed by atoms with Crippen molar-refractivity contribution in [3.8, 4) is 0 Å². The zero-order valence-corrected chi connectivity index (χ0v) is 16.2. The maximum Gasteiger partial charge on any atom is 0.230 e. The third-order valence-corrected chi connectivity index (χ3v) is 4.05. The molecular weight excluding hydrogens is 370 g/mol. The van der Waals surface area contributed by atoms with Crippen molar-refractivity contribution >= 4 is 46.4 Å². The van der Waals surface area contributed by atoms with E-state index in [0.717, 1.165) is 16.8 Å². The molecule has 0 saturated carbocycles. The summed E-state index contributed by atoms with van der Waals surface area (Å²) in [5.74, 6) is -0.172.